The summed E-state index contributed by atoms with van der Waals surface area (Å²) < 4.78 is 6.05. The van der Waals surface area contributed by atoms with Crippen molar-refractivity contribution in [3.05, 3.63) is 77.9 Å². The van der Waals surface area contributed by atoms with Crippen molar-refractivity contribution >= 4 is 5.91 Å². The van der Waals surface area contributed by atoms with Gasteiger partial charge in [-0.2, -0.15) is 0 Å². The van der Waals surface area contributed by atoms with Crippen LogP contribution in [0.25, 0.3) is 11.4 Å². The van der Waals surface area contributed by atoms with E-state index in [4.69, 9.17) is 4.74 Å². The van der Waals surface area contributed by atoms with E-state index >= 15 is 0 Å². The number of ether oxygens (including phenoxy) is 1. The van der Waals surface area contributed by atoms with Gasteiger partial charge in [-0.05, 0) is 12.1 Å². The van der Waals surface area contributed by atoms with Gasteiger partial charge in [0.1, 0.15) is 5.60 Å². The van der Waals surface area contributed by atoms with Crippen LogP contribution in [-0.4, -0.2) is 38.8 Å². The molecule has 2 aromatic heterocycles. The number of aromatic nitrogens is 3. The Balaban J connectivity index is 1.38. The van der Waals surface area contributed by atoms with Crippen LogP contribution in [0.4, 0.5) is 0 Å². The van der Waals surface area contributed by atoms with E-state index in [1.54, 1.807) is 29.4 Å². The lowest BCUT2D eigenvalue weighted by Gasteiger charge is -2.47. The number of fused-ring (bicyclic) bond motifs is 2. The molecule has 6 nitrogen and oxygen atoms in total. The monoisotopic (exact) mass is 344 g/mol. The van der Waals surface area contributed by atoms with E-state index in [1.807, 2.05) is 36.5 Å². The van der Waals surface area contributed by atoms with E-state index in [-0.39, 0.29) is 5.91 Å². The largest absolute Gasteiger partial charge is 0.360 e. The van der Waals surface area contributed by atoms with E-state index in [0.717, 1.165) is 16.8 Å². The van der Waals surface area contributed by atoms with Gasteiger partial charge in [0, 0.05) is 35.3 Å². The Morgan fingerprint density at radius 2 is 1.85 bits per heavy atom. The van der Waals surface area contributed by atoms with Gasteiger partial charge in [-0.1, -0.05) is 30.3 Å². The van der Waals surface area contributed by atoms with E-state index < -0.39 is 5.60 Å². The Labute approximate surface area is 150 Å². The molecule has 1 spiro atoms. The molecule has 1 aromatic carbocycles. The summed E-state index contributed by atoms with van der Waals surface area (Å²) >= 11 is 0. The van der Waals surface area contributed by atoms with Crippen LogP contribution in [0.3, 0.4) is 0 Å². The molecule has 2 aliphatic rings. The Kier molecular flexibility index (Phi) is 3.33. The lowest BCUT2D eigenvalue weighted by Crippen LogP contribution is -2.61. The summed E-state index contributed by atoms with van der Waals surface area (Å²) in [5, 5.41) is 0. The molecule has 0 atom stereocenters. The minimum Gasteiger partial charge on any atom is -0.360 e. The second-order valence-corrected chi connectivity index (χ2v) is 6.60. The van der Waals surface area contributed by atoms with Crippen LogP contribution >= 0.6 is 0 Å². The van der Waals surface area contributed by atoms with Crippen molar-refractivity contribution in [2.75, 3.05) is 13.1 Å². The predicted octanol–water partition coefficient (Wildman–Crippen LogP) is 2.42. The van der Waals surface area contributed by atoms with E-state index in [1.165, 1.54) is 0 Å². The molecule has 3 aromatic rings. The Hall–Kier alpha value is -3.12. The van der Waals surface area contributed by atoms with Crippen LogP contribution in [0.1, 0.15) is 21.6 Å². The summed E-state index contributed by atoms with van der Waals surface area (Å²) in [6.45, 7) is 1.50. The molecule has 0 saturated carbocycles. The summed E-state index contributed by atoms with van der Waals surface area (Å²) in [7, 11) is 0. The first-order chi connectivity index (χ1) is 12.8. The van der Waals surface area contributed by atoms with Crippen molar-refractivity contribution in [1.29, 1.82) is 0 Å². The third-order valence-electron chi connectivity index (χ3n) is 4.98. The third-order valence-corrected chi connectivity index (χ3v) is 4.98. The van der Waals surface area contributed by atoms with Gasteiger partial charge in [0.15, 0.2) is 5.82 Å². The number of benzene rings is 1. The van der Waals surface area contributed by atoms with Crippen LogP contribution < -0.4 is 0 Å². The lowest BCUT2D eigenvalue weighted by atomic mass is 9.87. The number of nitrogens with zero attached hydrogens (tertiary/aromatic N) is 4. The fraction of sp³-hybridized carbons (Fsp3) is 0.200. The third kappa shape index (κ3) is 2.30. The van der Waals surface area contributed by atoms with Gasteiger partial charge in [0.05, 0.1) is 25.4 Å². The van der Waals surface area contributed by atoms with Crippen molar-refractivity contribution < 1.29 is 9.53 Å². The number of pyridine rings is 1. The quantitative estimate of drug-likeness (QED) is 0.714. The summed E-state index contributed by atoms with van der Waals surface area (Å²) in [5.41, 5.74) is 3.07. The van der Waals surface area contributed by atoms with Gasteiger partial charge in [-0.3, -0.25) is 9.78 Å². The van der Waals surface area contributed by atoms with Crippen LogP contribution in [-0.2, 0) is 16.9 Å². The fourth-order valence-corrected chi connectivity index (χ4v) is 3.57. The molecular weight excluding hydrogens is 328 g/mol. The van der Waals surface area contributed by atoms with Crippen molar-refractivity contribution in [1.82, 2.24) is 19.9 Å². The summed E-state index contributed by atoms with van der Waals surface area (Å²) in [6, 6.07) is 13.4. The summed E-state index contributed by atoms with van der Waals surface area (Å²) in [6.07, 6.45) is 5.11. The van der Waals surface area contributed by atoms with Crippen LogP contribution in [0.2, 0.25) is 0 Å². The molecule has 0 radical (unpaired) electrons. The highest BCUT2D eigenvalue weighted by atomic mass is 16.5. The highest BCUT2D eigenvalue weighted by molar-refractivity contribution is 5.94. The highest BCUT2D eigenvalue weighted by Crippen LogP contribution is 2.43. The molecule has 26 heavy (non-hydrogen) atoms. The first kappa shape index (κ1) is 15.2. The maximum atomic E-state index is 12.5. The average molecular weight is 344 g/mol. The van der Waals surface area contributed by atoms with Gasteiger partial charge >= 0.3 is 0 Å². The SMILES string of the molecule is O=C(c1ccncc1)N1CC2(C1)OCc1nc(-c3ccccc3)ncc12. The summed E-state index contributed by atoms with van der Waals surface area (Å²) in [4.78, 5) is 27.5. The Morgan fingerprint density at radius 3 is 2.62 bits per heavy atom. The van der Waals surface area contributed by atoms with Crippen molar-refractivity contribution in [2.45, 2.75) is 12.2 Å². The normalized spacial score (nSPS) is 17.0. The van der Waals surface area contributed by atoms with E-state index in [0.29, 0.717) is 31.1 Å². The first-order valence-corrected chi connectivity index (χ1v) is 8.50. The Morgan fingerprint density at radius 1 is 1.08 bits per heavy atom. The summed E-state index contributed by atoms with van der Waals surface area (Å²) in [5.74, 6) is 0.700. The van der Waals surface area contributed by atoms with Gasteiger partial charge in [-0.25, -0.2) is 9.97 Å². The number of carbonyl (C=O) groups excluding carboxylic acids is 1. The predicted molar refractivity (Wildman–Crippen MR) is 94.1 cm³/mol. The molecule has 2 aliphatic heterocycles. The fourth-order valence-electron chi connectivity index (χ4n) is 3.57. The van der Waals surface area contributed by atoms with E-state index in [9.17, 15) is 4.79 Å². The smallest absolute Gasteiger partial charge is 0.254 e. The molecule has 0 bridgehead atoms. The molecule has 5 rings (SSSR count). The number of amides is 1. The van der Waals surface area contributed by atoms with Crippen LogP contribution in [0.5, 0.6) is 0 Å². The van der Waals surface area contributed by atoms with Gasteiger partial charge in [-0.15, -0.1) is 0 Å². The number of rotatable bonds is 2. The zero-order valence-corrected chi connectivity index (χ0v) is 14.0. The molecule has 1 saturated heterocycles. The highest BCUT2D eigenvalue weighted by Gasteiger charge is 2.52. The van der Waals surface area contributed by atoms with Crippen LogP contribution in [0.15, 0.2) is 61.1 Å². The van der Waals surface area contributed by atoms with E-state index in [2.05, 4.69) is 15.0 Å². The molecular formula is C20H16N4O2. The molecule has 1 amide bonds. The van der Waals surface area contributed by atoms with Gasteiger partial charge in [0.25, 0.3) is 5.91 Å². The number of hydrogen-bond donors (Lipinski definition) is 0. The molecule has 6 heteroatoms. The number of carbonyl (C=O) groups is 1. The van der Waals surface area contributed by atoms with Gasteiger partial charge in [0.2, 0.25) is 0 Å². The minimum absolute atomic E-state index is 0.00287. The van der Waals surface area contributed by atoms with Crippen molar-refractivity contribution in [3.8, 4) is 11.4 Å². The zero-order valence-electron chi connectivity index (χ0n) is 14.0. The molecule has 0 N–H and O–H groups in total. The first-order valence-electron chi connectivity index (χ1n) is 8.50. The number of hydrogen-bond acceptors (Lipinski definition) is 5. The minimum atomic E-state index is -0.465. The number of likely N-dealkylation sites (tertiary alicyclic amines) is 1. The molecule has 4 heterocycles. The Bertz CT molecular complexity index is 970. The molecule has 1 fully saturated rings. The maximum Gasteiger partial charge on any atom is 0.254 e. The topological polar surface area (TPSA) is 68.2 Å². The second-order valence-electron chi connectivity index (χ2n) is 6.60. The molecule has 0 unspecified atom stereocenters. The average Bonchev–Trinajstić information content (AvgIpc) is 3.07. The van der Waals surface area contributed by atoms with Crippen molar-refractivity contribution in [3.63, 3.8) is 0 Å². The maximum absolute atomic E-state index is 12.5. The van der Waals surface area contributed by atoms with Crippen molar-refractivity contribution in [2.24, 2.45) is 0 Å². The van der Waals surface area contributed by atoms with Crippen LogP contribution in [0, 0.1) is 0 Å². The standard InChI is InChI=1S/C20H16N4O2/c25-19(15-6-8-21-9-7-15)24-12-20(13-24)16-10-22-18(23-17(16)11-26-20)14-4-2-1-3-5-14/h1-10H,11-13H2. The lowest BCUT2D eigenvalue weighted by molar-refractivity contribution is -0.126. The zero-order chi connectivity index (χ0) is 17.6. The second kappa shape index (κ2) is 5.71. The molecule has 128 valence electrons. The molecule has 0 aliphatic carbocycles. The van der Waals surface area contributed by atoms with Gasteiger partial charge < -0.3 is 9.64 Å².